The van der Waals surface area contributed by atoms with E-state index in [1.807, 2.05) is 12.3 Å². The average Bonchev–Trinajstić information content (AvgIpc) is 2.75. The van der Waals surface area contributed by atoms with Gasteiger partial charge in [0.1, 0.15) is 12.4 Å². The molecule has 1 aromatic carbocycles. The summed E-state index contributed by atoms with van der Waals surface area (Å²) in [7, 11) is 0. The fourth-order valence-corrected chi connectivity index (χ4v) is 3.66. The van der Waals surface area contributed by atoms with Crippen LogP contribution in [0.2, 0.25) is 0 Å². The monoisotopic (exact) mass is 253 g/mol. The average molecular weight is 253 g/mol. The second-order valence-corrected chi connectivity index (χ2v) is 5.80. The number of nitrogens with one attached hydrogen (secondary N) is 1. The zero-order valence-electron chi connectivity index (χ0n) is 10.6. The lowest BCUT2D eigenvalue weighted by Crippen LogP contribution is -2.57. The number of ether oxygens (including phenoxy) is 1. The van der Waals surface area contributed by atoms with Gasteiger partial charge in [0, 0.05) is 0 Å². The Hall–Kier alpha value is -1.97. The SMILES string of the molecule is c1cc2c3c4c(cnc3c1)NCN4C1(CCC1)CO2. The fourth-order valence-electron chi connectivity index (χ4n) is 3.66. The van der Waals surface area contributed by atoms with E-state index in [1.54, 1.807) is 0 Å². The van der Waals surface area contributed by atoms with Crippen LogP contribution in [0.5, 0.6) is 5.75 Å². The van der Waals surface area contributed by atoms with Crippen LogP contribution in [-0.2, 0) is 0 Å². The molecule has 0 atom stereocenters. The molecule has 1 aromatic heterocycles. The smallest absolute Gasteiger partial charge is 0.131 e. The maximum atomic E-state index is 6.13. The number of nitrogens with zero attached hydrogens (tertiary/aromatic N) is 2. The first-order valence-electron chi connectivity index (χ1n) is 6.93. The lowest BCUT2D eigenvalue weighted by molar-refractivity contribution is 0.138. The van der Waals surface area contributed by atoms with Crippen LogP contribution < -0.4 is 15.0 Å². The molecule has 3 heterocycles. The molecule has 1 saturated carbocycles. The predicted molar refractivity (Wildman–Crippen MR) is 74.8 cm³/mol. The second kappa shape index (κ2) is 3.13. The van der Waals surface area contributed by atoms with Gasteiger partial charge in [-0.05, 0) is 31.4 Å². The van der Waals surface area contributed by atoms with Crippen molar-refractivity contribution < 1.29 is 4.74 Å². The number of hydrogen-bond donors (Lipinski definition) is 1. The minimum Gasteiger partial charge on any atom is -0.490 e. The molecule has 96 valence electrons. The Labute approximate surface area is 111 Å². The van der Waals surface area contributed by atoms with E-state index in [0.29, 0.717) is 0 Å². The molecule has 2 aromatic rings. The first kappa shape index (κ1) is 9.89. The zero-order valence-corrected chi connectivity index (χ0v) is 10.6. The van der Waals surface area contributed by atoms with Gasteiger partial charge in [-0.2, -0.15) is 0 Å². The van der Waals surface area contributed by atoms with Crippen LogP contribution >= 0.6 is 0 Å². The molecule has 1 fully saturated rings. The van der Waals surface area contributed by atoms with Crippen LogP contribution in [0.15, 0.2) is 24.4 Å². The van der Waals surface area contributed by atoms with Crippen LogP contribution in [0.3, 0.4) is 0 Å². The summed E-state index contributed by atoms with van der Waals surface area (Å²) in [6, 6.07) is 6.17. The number of anilines is 2. The highest BCUT2D eigenvalue weighted by Gasteiger charge is 2.48. The Bertz CT molecular complexity index is 693. The predicted octanol–water partition coefficient (Wildman–Crippen LogP) is 2.74. The van der Waals surface area contributed by atoms with E-state index in [0.717, 1.165) is 30.2 Å². The molecule has 0 saturated heterocycles. The lowest BCUT2D eigenvalue weighted by atomic mass is 9.76. The maximum Gasteiger partial charge on any atom is 0.131 e. The van der Waals surface area contributed by atoms with Crippen LogP contribution in [0.25, 0.3) is 10.9 Å². The summed E-state index contributed by atoms with van der Waals surface area (Å²) in [5.74, 6) is 0.985. The first-order chi connectivity index (χ1) is 9.37. The van der Waals surface area contributed by atoms with Gasteiger partial charge in [-0.3, -0.25) is 4.98 Å². The van der Waals surface area contributed by atoms with Gasteiger partial charge in [-0.25, -0.2) is 0 Å². The molecule has 1 N–H and O–H groups in total. The number of hydrogen-bond acceptors (Lipinski definition) is 4. The van der Waals surface area contributed by atoms with Gasteiger partial charge in [-0.1, -0.05) is 6.07 Å². The Morgan fingerprint density at radius 3 is 3.11 bits per heavy atom. The summed E-state index contributed by atoms with van der Waals surface area (Å²) in [5, 5.41) is 4.66. The van der Waals surface area contributed by atoms with Gasteiger partial charge in [0.15, 0.2) is 0 Å². The van der Waals surface area contributed by atoms with Gasteiger partial charge >= 0.3 is 0 Å². The van der Waals surface area contributed by atoms with Crippen molar-refractivity contribution in [2.45, 2.75) is 24.8 Å². The number of rotatable bonds is 0. The molecule has 5 rings (SSSR count). The summed E-state index contributed by atoms with van der Waals surface area (Å²) in [6.07, 6.45) is 5.72. The molecule has 0 bridgehead atoms. The van der Waals surface area contributed by atoms with Crippen molar-refractivity contribution in [3.05, 3.63) is 24.4 Å². The van der Waals surface area contributed by atoms with E-state index >= 15 is 0 Å². The molecule has 0 unspecified atom stereocenters. The molecule has 2 aliphatic heterocycles. The third-order valence-electron chi connectivity index (χ3n) is 4.88. The fraction of sp³-hybridized carbons (Fsp3) is 0.400. The highest BCUT2D eigenvalue weighted by Crippen LogP contribution is 2.51. The minimum absolute atomic E-state index is 0.200. The van der Waals surface area contributed by atoms with E-state index in [-0.39, 0.29) is 5.54 Å². The molecular formula is C15H15N3O. The van der Waals surface area contributed by atoms with Gasteiger partial charge in [0.2, 0.25) is 0 Å². The number of pyridine rings is 1. The molecule has 19 heavy (non-hydrogen) atoms. The van der Waals surface area contributed by atoms with Crippen LogP contribution in [0.1, 0.15) is 19.3 Å². The Balaban J connectivity index is 1.87. The van der Waals surface area contributed by atoms with E-state index in [1.165, 1.54) is 30.3 Å². The van der Waals surface area contributed by atoms with E-state index in [9.17, 15) is 0 Å². The second-order valence-electron chi connectivity index (χ2n) is 5.80. The summed E-state index contributed by atoms with van der Waals surface area (Å²) in [6.45, 7) is 1.68. The summed E-state index contributed by atoms with van der Waals surface area (Å²) >= 11 is 0. The third kappa shape index (κ3) is 1.08. The highest BCUT2D eigenvalue weighted by molar-refractivity contribution is 6.04. The van der Waals surface area contributed by atoms with Crippen molar-refractivity contribution in [1.29, 1.82) is 0 Å². The summed E-state index contributed by atoms with van der Waals surface area (Å²) < 4.78 is 6.13. The molecule has 4 nitrogen and oxygen atoms in total. The standard InChI is InChI=1S/C15H15N3O/c1-3-10-13-12(4-1)19-8-15(5-2-6-15)18-9-17-11(7-16-10)14(13)18/h1,3-4,7,17H,2,5-6,8-9H2. The molecule has 1 spiro atoms. The molecule has 0 amide bonds. The molecular weight excluding hydrogens is 238 g/mol. The van der Waals surface area contributed by atoms with Gasteiger partial charge in [0.05, 0.1) is 40.7 Å². The van der Waals surface area contributed by atoms with Gasteiger partial charge in [0.25, 0.3) is 0 Å². The van der Waals surface area contributed by atoms with Gasteiger partial charge in [-0.15, -0.1) is 0 Å². The normalized spacial score (nSPS) is 21.8. The van der Waals surface area contributed by atoms with Crippen molar-refractivity contribution in [1.82, 2.24) is 4.98 Å². The highest BCUT2D eigenvalue weighted by atomic mass is 16.5. The summed E-state index contributed by atoms with van der Waals surface area (Å²) in [4.78, 5) is 7.07. The molecule has 1 aliphatic carbocycles. The number of benzene rings is 1. The molecule has 3 aliphatic rings. The van der Waals surface area contributed by atoms with Crippen LogP contribution in [-0.4, -0.2) is 23.8 Å². The van der Waals surface area contributed by atoms with Crippen molar-refractivity contribution in [2.24, 2.45) is 0 Å². The van der Waals surface area contributed by atoms with Crippen molar-refractivity contribution in [3.63, 3.8) is 0 Å². The maximum absolute atomic E-state index is 6.13. The molecule has 0 radical (unpaired) electrons. The van der Waals surface area contributed by atoms with E-state index in [2.05, 4.69) is 27.3 Å². The first-order valence-corrected chi connectivity index (χ1v) is 6.93. The topological polar surface area (TPSA) is 37.4 Å². The van der Waals surface area contributed by atoms with Crippen LogP contribution in [0.4, 0.5) is 11.4 Å². The summed E-state index contributed by atoms with van der Waals surface area (Å²) in [5.41, 5.74) is 3.68. The van der Waals surface area contributed by atoms with Crippen molar-refractivity contribution in [2.75, 3.05) is 23.5 Å². The number of aromatic nitrogens is 1. The Morgan fingerprint density at radius 1 is 1.32 bits per heavy atom. The quantitative estimate of drug-likeness (QED) is 0.783. The van der Waals surface area contributed by atoms with Crippen LogP contribution in [0, 0.1) is 0 Å². The minimum atomic E-state index is 0.200. The number of fused-ring (bicyclic) bond motifs is 1. The third-order valence-corrected chi connectivity index (χ3v) is 4.88. The largest absolute Gasteiger partial charge is 0.490 e. The molecule has 4 heteroatoms. The van der Waals surface area contributed by atoms with E-state index < -0.39 is 0 Å². The Morgan fingerprint density at radius 2 is 2.26 bits per heavy atom. The zero-order chi connectivity index (χ0) is 12.4. The van der Waals surface area contributed by atoms with Gasteiger partial charge < -0.3 is 15.0 Å². The lowest BCUT2D eigenvalue weighted by Gasteiger charge is -2.48. The Kier molecular flexibility index (Phi) is 1.63. The van der Waals surface area contributed by atoms with E-state index in [4.69, 9.17) is 4.74 Å². The van der Waals surface area contributed by atoms with Crippen molar-refractivity contribution in [3.8, 4) is 5.75 Å². The van der Waals surface area contributed by atoms with Crippen molar-refractivity contribution >= 4 is 22.3 Å².